The molecule has 0 aromatic heterocycles. The van der Waals surface area contributed by atoms with Gasteiger partial charge in [-0.15, -0.1) is 0 Å². The summed E-state index contributed by atoms with van der Waals surface area (Å²) in [7, 11) is 6.00. The molecule has 2 rings (SSSR count). The number of hydrogen-bond acceptors (Lipinski definition) is 2. The molecule has 0 N–H and O–H groups in total. The molecule has 0 amide bonds. The largest absolute Gasteiger partial charge is 0.487 e. The molecular weight excluding hydrogens is 622 g/mol. The van der Waals surface area contributed by atoms with E-state index in [0.717, 1.165) is 28.1 Å². The Morgan fingerprint density at radius 1 is 0.870 bits per heavy atom. The van der Waals surface area contributed by atoms with Crippen LogP contribution in [0.15, 0.2) is 46.6 Å². The summed E-state index contributed by atoms with van der Waals surface area (Å²) in [5.41, 5.74) is 0.559. The van der Waals surface area contributed by atoms with Gasteiger partial charge < -0.3 is 9.47 Å². The summed E-state index contributed by atoms with van der Waals surface area (Å²) in [5.74, 6) is 1.34. The average molecular weight is 633 g/mol. The van der Waals surface area contributed by atoms with Gasteiger partial charge in [0.05, 0.1) is 13.4 Å². The summed E-state index contributed by atoms with van der Waals surface area (Å²) in [5, 5.41) is 0. The molecule has 23 heavy (non-hydrogen) atoms. The second kappa shape index (κ2) is 8.74. The number of rotatable bonds is 5. The Labute approximate surface area is 178 Å². The first-order valence-corrected chi connectivity index (χ1v) is 10.4. The zero-order valence-electron chi connectivity index (χ0n) is 11.9. The summed E-state index contributed by atoms with van der Waals surface area (Å²) in [6, 6.07) is 7.54. The quantitative estimate of drug-likeness (QED) is 0.369. The van der Waals surface area contributed by atoms with Crippen molar-refractivity contribution >= 4 is 93.0 Å². The van der Waals surface area contributed by atoms with Crippen molar-refractivity contribution in [1.29, 1.82) is 0 Å². The van der Waals surface area contributed by atoms with Crippen LogP contribution in [0.25, 0.3) is 0 Å². The van der Waals surface area contributed by atoms with Crippen LogP contribution in [0.4, 0.5) is 0 Å². The molecule has 1 atom stereocenters. The maximum atomic E-state index is 6.00. The van der Waals surface area contributed by atoms with Gasteiger partial charge in [0.1, 0.15) is 32.1 Å². The predicted octanol–water partition coefficient (Wildman–Crippen LogP) is 6.14. The second-order valence-electron chi connectivity index (χ2n) is 4.74. The highest BCUT2D eigenvalue weighted by atomic mass is 79.9. The SMILES string of the molecule is [B]c1cc(Br)cc(Br)c1OC(C)COc1c(Br)cc(Br)cc1Br. The lowest BCUT2D eigenvalue weighted by molar-refractivity contribution is 0.142. The van der Waals surface area contributed by atoms with Gasteiger partial charge in [0.15, 0.2) is 0 Å². The Morgan fingerprint density at radius 2 is 1.35 bits per heavy atom. The highest BCUT2D eigenvalue weighted by Gasteiger charge is 2.14. The van der Waals surface area contributed by atoms with E-state index in [2.05, 4.69) is 79.6 Å². The Kier molecular flexibility index (Phi) is 7.53. The molecule has 2 aromatic rings. The molecule has 1 unspecified atom stereocenters. The fourth-order valence-corrected chi connectivity index (χ4v) is 5.65. The van der Waals surface area contributed by atoms with E-state index in [1.165, 1.54) is 0 Å². The van der Waals surface area contributed by atoms with E-state index >= 15 is 0 Å². The highest BCUT2D eigenvalue weighted by Crippen LogP contribution is 2.36. The van der Waals surface area contributed by atoms with Crippen LogP contribution in [-0.4, -0.2) is 20.6 Å². The molecule has 8 heteroatoms. The standard InChI is InChI=1S/C15H10BBr5O2/c1-7(23-14-10(16)2-8(17)3-11(14)19)6-22-15-12(20)4-9(18)5-13(15)21/h2-5,7H,6H2,1H3. The van der Waals surface area contributed by atoms with E-state index in [4.69, 9.17) is 17.3 Å². The summed E-state index contributed by atoms with van der Waals surface area (Å²) < 4.78 is 16.1. The Bertz CT molecular complexity index is 677. The van der Waals surface area contributed by atoms with Crippen LogP contribution in [0.1, 0.15) is 6.92 Å². The molecule has 2 nitrogen and oxygen atoms in total. The van der Waals surface area contributed by atoms with Gasteiger partial charge in [-0.2, -0.15) is 0 Å². The molecule has 0 bridgehead atoms. The van der Waals surface area contributed by atoms with Crippen molar-refractivity contribution in [3.05, 3.63) is 46.6 Å². The smallest absolute Gasteiger partial charge is 0.147 e. The molecule has 0 aliphatic heterocycles. The van der Waals surface area contributed by atoms with Crippen LogP contribution in [0.2, 0.25) is 0 Å². The fourth-order valence-electron chi connectivity index (χ4n) is 1.81. The summed E-state index contributed by atoms with van der Waals surface area (Å²) in [6.45, 7) is 2.30. The first kappa shape index (κ1) is 19.8. The number of benzene rings is 2. The fraction of sp³-hybridized carbons (Fsp3) is 0.200. The zero-order valence-corrected chi connectivity index (χ0v) is 19.8. The van der Waals surface area contributed by atoms with E-state index in [0.29, 0.717) is 17.8 Å². The van der Waals surface area contributed by atoms with Crippen molar-refractivity contribution in [2.24, 2.45) is 0 Å². The third-order valence-corrected chi connectivity index (χ3v) is 5.46. The molecule has 0 saturated carbocycles. The van der Waals surface area contributed by atoms with E-state index in [1.807, 2.05) is 25.1 Å². The lowest BCUT2D eigenvalue weighted by atomic mass is 9.95. The van der Waals surface area contributed by atoms with Crippen LogP contribution in [-0.2, 0) is 0 Å². The van der Waals surface area contributed by atoms with Gasteiger partial charge in [0.25, 0.3) is 0 Å². The Morgan fingerprint density at radius 3 is 1.87 bits per heavy atom. The van der Waals surface area contributed by atoms with Crippen molar-refractivity contribution in [3.8, 4) is 11.5 Å². The molecule has 2 radical (unpaired) electrons. The minimum atomic E-state index is -0.183. The van der Waals surface area contributed by atoms with E-state index in [1.54, 1.807) is 6.07 Å². The van der Waals surface area contributed by atoms with Crippen molar-refractivity contribution in [2.45, 2.75) is 13.0 Å². The van der Waals surface area contributed by atoms with Crippen molar-refractivity contribution < 1.29 is 9.47 Å². The second-order valence-corrected chi connectivity index (χ2v) is 9.14. The molecule has 120 valence electrons. The number of halogens is 5. The van der Waals surface area contributed by atoms with E-state index < -0.39 is 0 Å². The minimum absolute atomic E-state index is 0.183. The van der Waals surface area contributed by atoms with Gasteiger partial charge in [0, 0.05) is 8.95 Å². The average Bonchev–Trinajstić information content (AvgIpc) is 2.41. The first-order valence-electron chi connectivity index (χ1n) is 6.46. The molecular formula is C15H10BBr5O2. The van der Waals surface area contributed by atoms with Crippen molar-refractivity contribution in [2.75, 3.05) is 6.61 Å². The van der Waals surface area contributed by atoms with Gasteiger partial charge in [-0.25, -0.2) is 0 Å². The number of ether oxygens (including phenoxy) is 2. The lowest BCUT2D eigenvalue weighted by Crippen LogP contribution is -2.24. The third kappa shape index (κ3) is 5.49. The van der Waals surface area contributed by atoms with Crippen LogP contribution >= 0.6 is 79.6 Å². The zero-order chi connectivity index (χ0) is 17.1. The number of hydrogen-bond donors (Lipinski definition) is 0. The van der Waals surface area contributed by atoms with E-state index in [-0.39, 0.29) is 6.10 Å². The maximum Gasteiger partial charge on any atom is 0.147 e. The molecule has 0 fully saturated rings. The van der Waals surface area contributed by atoms with Crippen LogP contribution in [0, 0.1) is 0 Å². The molecule has 0 spiro atoms. The highest BCUT2D eigenvalue weighted by molar-refractivity contribution is 9.12. The van der Waals surface area contributed by atoms with Gasteiger partial charge in [-0.3, -0.25) is 0 Å². The lowest BCUT2D eigenvalue weighted by Gasteiger charge is -2.19. The first-order chi connectivity index (χ1) is 10.8. The summed E-state index contributed by atoms with van der Waals surface area (Å²) >= 11 is 17.3. The van der Waals surface area contributed by atoms with Crippen LogP contribution in [0.3, 0.4) is 0 Å². The summed E-state index contributed by atoms with van der Waals surface area (Å²) in [4.78, 5) is 0. The molecule has 0 aliphatic rings. The van der Waals surface area contributed by atoms with Crippen molar-refractivity contribution in [3.63, 3.8) is 0 Å². The van der Waals surface area contributed by atoms with Crippen molar-refractivity contribution in [1.82, 2.24) is 0 Å². The topological polar surface area (TPSA) is 18.5 Å². The normalized spacial score (nSPS) is 12.1. The van der Waals surface area contributed by atoms with Gasteiger partial charge in [-0.1, -0.05) is 43.4 Å². The molecule has 0 saturated heterocycles. The van der Waals surface area contributed by atoms with Gasteiger partial charge in [0.2, 0.25) is 0 Å². The predicted molar refractivity (Wildman–Crippen MR) is 112 cm³/mol. The third-order valence-electron chi connectivity index (χ3n) is 2.78. The van der Waals surface area contributed by atoms with Crippen LogP contribution in [0.5, 0.6) is 11.5 Å². The van der Waals surface area contributed by atoms with Gasteiger partial charge in [-0.05, 0) is 72.9 Å². The monoisotopic (exact) mass is 628 g/mol. The summed E-state index contributed by atoms with van der Waals surface area (Å²) in [6.07, 6.45) is -0.183. The molecule has 2 aromatic carbocycles. The molecule has 0 aliphatic carbocycles. The molecule has 0 heterocycles. The van der Waals surface area contributed by atoms with Crippen LogP contribution < -0.4 is 14.9 Å². The van der Waals surface area contributed by atoms with Gasteiger partial charge >= 0.3 is 0 Å². The Hall–Kier alpha value is 0.505. The maximum absolute atomic E-state index is 6.00. The minimum Gasteiger partial charge on any atom is -0.487 e. The van der Waals surface area contributed by atoms with E-state index in [9.17, 15) is 0 Å². The Balaban J connectivity index is 2.05.